The van der Waals surface area contributed by atoms with Crippen molar-refractivity contribution in [1.29, 1.82) is 0 Å². The van der Waals surface area contributed by atoms with E-state index >= 15 is 0 Å². The Morgan fingerprint density at radius 3 is 2.82 bits per heavy atom. The van der Waals surface area contributed by atoms with Gasteiger partial charge in [0.1, 0.15) is 17.5 Å². The van der Waals surface area contributed by atoms with E-state index in [2.05, 4.69) is 25.7 Å². The van der Waals surface area contributed by atoms with Crippen LogP contribution in [0.2, 0.25) is 0 Å². The summed E-state index contributed by atoms with van der Waals surface area (Å²) in [4.78, 5) is 33.0. The van der Waals surface area contributed by atoms with Gasteiger partial charge in [-0.25, -0.2) is 23.3 Å². The molecule has 11 nitrogen and oxygen atoms in total. The van der Waals surface area contributed by atoms with Crippen molar-refractivity contribution in [2.75, 3.05) is 25.6 Å². The van der Waals surface area contributed by atoms with Crippen LogP contribution in [0, 0.1) is 11.6 Å². The lowest BCUT2D eigenvalue weighted by Gasteiger charge is -2.17. The Morgan fingerprint density at radius 2 is 2.08 bits per heavy atom. The van der Waals surface area contributed by atoms with Crippen LogP contribution in [0.5, 0.6) is 11.6 Å². The normalized spacial score (nSPS) is 14.8. The molecule has 202 valence electrons. The Bertz CT molecular complexity index is 1550. The highest BCUT2D eigenvalue weighted by Gasteiger charge is 2.23. The Labute approximate surface area is 221 Å². The lowest BCUT2D eigenvalue weighted by Crippen LogP contribution is -2.25. The van der Waals surface area contributed by atoms with Gasteiger partial charge in [0.05, 0.1) is 32.2 Å². The van der Waals surface area contributed by atoms with Crippen molar-refractivity contribution in [2.45, 2.75) is 26.0 Å². The highest BCUT2D eigenvalue weighted by Crippen LogP contribution is 2.28. The van der Waals surface area contributed by atoms with Crippen LogP contribution in [0.4, 0.5) is 14.6 Å². The maximum Gasteiger partial charge on any atom is 0.257 e. The smallest absolute Gasteiger partial charge is 0.257 e. The number of amides is 2. The first-order valence-electron chi connectivity index (χ1n) is 12.0. The molecule has 1 atom stereocenters. The van der Waals surface area contributed by atoms with Crippen LogP contribution in [0.3, 0.4) is 0 Å². The summed E-state index contributed by atoms with van der Waals surface area (Å²) < 4.78 is 46.3. The summed E-state index contributed by atoms with van der Waals surface area (Å²) in [5.74, 6) is -2.25. The third-order valence-electron chi connectivity index (χ3n) is 5.91. The topological polar surface area (TPSA) is 129 Å². The van der Waals surface area contributed by atoms with E-state index in [-0.39, 0.29) is 41.3 Å². The Balaban J connectivity index is 1.38. The zero-order valence-corrected chi connectivity index (χ0v) is 21.0. The number of anilines is 1. The molecule has 0 spiro atoms. The average Bonchev–Trinajstić information content (AvgIpc) is 3.57. The number of methoxy groups -OCH3 is 1. The molecule has 2 N–H and O–H groups in total. The number of ether oxygens (including phenoxy) is 3. The van der Waals surface area contributed by atoms with Crippen molar-refractivity contribution in [3.8, 4) is 22.9 Å². The molecule has 0 radical (unpaired) electrons. The maximum atomic E-state index is 14.6. The molecule has 1 saturated heterocycles. The van der Waals surface area contributed by atoms with Gasteiger partial charge in [0, 0.05) is 43.3 Å². The predicted molar refractivity (Wildman–Crippen MR) is 134 cm³/mol. The number of imidazole rings is 1. The number of aromatic nitrogens is 4. The van der Waals surface area contributed by atoms with Crippen LogP contribution in [0.25, 0.3) is 16.9 Å². The molecule has 0 aliphatic carbocycles. The van der Waals surface area contributed by atoms with E-state index in [1.54, 1.807) is 24.4 Å². The molecular formula is C26H24F2N6O5. The number of fused-ring (bicyclic) bond motifs is 1. The first-order valence-corrected chi connectivity index (χ1v) is 12.0. The van der Waals surface area contributed by atoms with Crippen molar-refractivity contribution in [3.05, 3.63) is 65.5 Å². The van der Waals surface area contributed by atoms with Gasteiger partial charge in [-0.15, -0.1) is 0 Å². The van der Waals surface area contributed by atoms with Crippen molar-refractivity contribution in [3.63, 3.8) is 0 Å². The number of rotatable bonds is 8. The molecule has 4 aromatic rings. The zero-order chi connectivity index (χ0) is 27.5. The molecule has 4 heterocycles. The van der Waals surface area contributed by atoms with Gasteiger partial charge in [0.2, 0.25) is 11.8 Å². The van der Waals surface area contributed by atoms with Gasteiger partial charge in [-0.3, -0.25) is 9.59 Å². The van der Waals surface area contributed by atoms with Gasteiger partial charge >= 0.3 is 0 Å². The van der Waals surface area contributed by atoms with Crippen LogP contribution in [0.1, 0.15) is 29.3 Å². The molecule has 0 unspecified atom stereocenters. The van der Waals surface area contributed by atoms with E-state index in [0.29, 0.717) is 42.4 Å². The minimum absolute atomic E-state index is 0.0536. The number of carbonyl (C=O) groups is 2. The molecular weight excluding hydrogens is 514 g/mol. The number of pyridine rings is 1. The predicted octanol–water partition coefficient (Wildman–Crippen LogP) is 3.13. The number of halogens is 2. The molecule has 2 amide bonds. The molecule has 0 bridgehead atoms. The summed E-state index contributed by atoms with van der Waals surface area (Å²) in [6.07, 6.45) is 3.26. The largest absolute Gasteiger partial charge is 0.484 e. The summed E-state index contributed by atoms with van der Waals surface area (Å²) in [6.45, 7) is 1.95. The molecule has 1 aromatic carbocycles. The summed E-state index contributed by atoms with van der Waals surface area (Å²) in [5, 5.41) is 9.74. The van der Waals surface area contributed by atoms with Crippen LogP contribution in [-0.2, 0) is 16.1 Å². The monoisotopic (exact) mass is 538 g/mol. The lowest BCUT2D eigenvalue weighted by atomic mass is 10.1. The minimum atomic E-state index is -0.866. The minimum Gasteiger partial charge on any atom is -0.484 e. The fraction of sp³-hybridized carbons (Fsp3) is 0.269. The molecule has 1 aliphatic heterocycles. The molecule has 1 fully saturated rings. The highest BCUT2D eigenvalue weighted by atomic mass is 19.1. The average molecular weight is 539 g/mol. The third-order valence-corrected chi connectivity index (χ3v) is 5.91. The number of nitrogens with one attached hydrogen (secondary N) is 2. The second-order valence-electron chi connectivity index (χ2n) is 8.77. The highest BCUT2D eigenvalue weighted by molar-refractivity contribution is 5.97. The molecule has 1 aliphatic rings. The lowest BCUT2D eigenvalue weighted by molar-refractivity contribution is -0.114. The van der Waals surface area contributed by atoms with Gasteiger partial charge < -0.3 is 24.8 Å². The van der Waals surface area contributed by atoms with Crippen LogP contribution >= 0.6 is 0 Å². The molecule has 13 heteroatoms. The summed E-state index contributed by atoms with van der Waals surface area (Å²) in [5.41, 5.74) is 1.70. The van der Waals surface area contributed by atoms with Gasteiger partial charge in [-0.05, 0) is 24.3 Å². The molecule has 0 saturated carbocycles. The van der Waals surface area contributed by atoms with Crippen LogP contribution in [-0.4, -0.2) is 57.8 Å². The summed E-state index contributed by atoms with van der Waals surface area (Å²) in [7, 11) is 1.37. The van der Waals surface area contributed by atoms with Crippen molar-refractivity contribution >= 4 is 23.3 Å². The maximum absolute atomic E-state index is 14.6. The van der Waals surface area contributed by atoms with Crippen molar-refractivity contribution in [2.24, 2.45) is 0 Å². The number of benzene rings is 1. The fourth-order valence-corrected chi connectivity index (χ4v) is 4.11. The second-order valence-corrected chi connectivity index (χ2v) is 8.77. The zero-order valence-electron chi connectivity index (χ0n) is 21.0. The van der Waals surface area contributed by atoms with E-state index in [4.69, 9.17) is 14.2 Å². The van der Waals surface area contributed by atoms with E-state index in [1.165, 1.54) is 24.7 Å². The molecule has 39 heavy (non-hydrogen) atoms. The van der Waals surface area contributed by atoms with Crippen molar-refractivity contribution < 1.29 is 32.6 Å². The second kappa shape index (κ2) is 11.0. The summed E-state index contributed by atoms with van der Waals surface area (Å²) in [6, 6.07) is 6.78. The Hall–Kier alpha value is -4.65. The quantitative estimate of drug-likeness (QED) is 0.350. The fourth-order valence-electron chi connectivity index (χ4n) is 4.11. The number of hydrogen-bond acceptors (Lipinski definition) is 8. The van der Waals surface area contributed by atoms with Gasteiger partial charge in [0.15, 0.2) is 23.0 Å². The van der Waals surface area contributed by atoms with E-state index < -0.39 is 17.5 Å². The number of carbonyl (C=O) groups excluding carboxylic acids is 2. The molecule has 3 aromatic heterocycles. The van der Waals surface area contributed by atoms with Crippen LogP contribution in [0.15, 0.2) is 42.7 Å². The van der Waals surface area contributed by atoms with Gasteiger partial charge in [-0.2, -0.15) is 5.10 Å². The number of hydrogen-bond donors (Lipinski definition) is 2. The van der Waals surface area contributed by atoms with Crippen LogP contribution < -0.4 is 20.1 Å². The van der Waals surface area contributed by atoms with Crippen molar-refractivity contribution in [1.82, 2.24) is 24.9 Å². The standard InChI is InChI=1S/C26H24F2N6O5/c1-14(35)31-22-12-34-23(32-22)4-3-21(33-34)15-8-19(26(37-2)30-10-15)25(36)29-11-16-7-17(27)9-20(28)24(16)39-18-5-6-38-13-18/h3-4,7-10,12,18H,5-6,11,13H2,1-2H3,(H,29,36)(H,31,35)/t18-/m0/s1. The van der Waals surface area contributed by atoms with E-state index in [9.17, 15) is 18.4 Å². The molecule has 5 rings (SSSR count). The van der Waals surface area contributed by atoms with Gasteiger partial charge in [0.25, 0.3) is 5.91 Å². The van der Waals surface area contributed by atoms with E-state index in [0.717, 1.165) is 12.1 Å². The first kappa shape index (κ1) is 26.0. The Kier molecular flexibility index (Phi) is 7.32. The third kappa shape index (κ3) is 5.77. The van der Waals surface area contributed by atoms with E-state index in [1.807, 2.05) is 0 Å². The first-order chi connectivity index (χ1) is 18.8. The van der Waals surface area contributed by atoms with Gasteiger partial charge in [-0.1, -0.05) is 0 Å². The summed E-state index contributed by atoms with van der Waals surface area (Å²) >= 11 is 0. The Morgan fingerprint density at radius 1 is 1.23 bits per heavy atom. The number of nitrogens with zero attached hydrogens (tertiary/aromatic N) is 4. The SMILES string of the molecule is COc1ncc(-c2ccc3nc(NC(C)=O)cn3n2)cc1C(=O)NCc1cc(F)cc(F)c1O[C@H]1CCOC1.